The fourth-order valence-electron chi connectivity index (χ4n) is 2.52. The van der Waals surface area contributed by atoms with Crippen molar-refractivity contribution in [2.24, 2.45) is 0 Å². The van der Waals surface area contributed by atoms with E-state index in [9.17, 15) is 22.4 Å². The van der Waals surface area contributed by atoms with Crippen molar-refractivity contribution >= 4 is 21.8 Å². The Morgan fingerprint density at radius 3 is 2.59 bits per heavy atom. The van der Waals surface area contributed by atoms with E-state index in [1.54, 1.807) is 0 Å². The summed E-state index contributed by atoms with van der Waals surface area (Å²) in [4.78, 5) is 24.0. The summed E-state index contributed by atoms with van der Waals surface area (Å²) in [5, 5.41) is 5.00. The molecule has 150 valence electrons. The van der Waals surface area contributed by atoms with Crippen LogP contribution in [0.25, 0.3) is 0 Å². The van der Waals surface area contributed by atoms with Crippen LogP contribution in [0.5, 0.6) is 0 Å². The minimum absolute atomic E-state index is 0.181. The molecule has 1 aliphatic rings. The number of hydrogen-bond acceptors (Lipinski definition) is 5. The summed E-state index contributed by atoms with van der Waals surface area (Å²) in [6.45, 7) is 4.75. The van der Waals surface area contributed by atoms with E-state index in [0.717, 1.165) is 24.6 Å². The molecule has 1 atom stereocenters. The first-order chi connectivity index (χ1) is 12.8. The number of rotatable bonds is 7. The van der Waals surface area contributed by atoms with Gasteiger partial charge in [-0.1, -0.05) is 6.92 Å². The Morgan fingerprint density at radius 1 is 1.30 bits per heavy atom. The second kappa shape index (κ2) is 9.25. The highest BCUT2D eigenvalue weighted by atomic mass is 32.2. The minimum Gasteiger partial charge on any atom is -0.379 e. The van der Waals surface area contributed by atoms with Crippen LogP contribution in [-0.4, -0.2) is 63.4 Å². The van der Waals surface area contributed by atoms with E-state index in [1.807, 2.05) is 6.92 Å². The molecular weight excluding hydrogens is 377 g/mol. The van der Waals surface area contributed by atoms with E-state index in [0.29, 0.717) is 6.54 Å². The zero-order valence-electron chi connectivity index (χ0n) is 15.3. The van der Waals surface area contributed by atoms with Crippen LogP contribution < -0.4 is 10.6 Å². The first-order valence-corrected chi connectivity index (χ1v) is 10.2. The second-order valence-corrected chi connectivity index (χ2v) is 8.08. The largest absolute Gasteiger partial charge is 0.379 e. The number of ether oxygens (including phenoxy) is 1. The number of carbonyl (C=O) groups excluding carboxylic acids is 2. The maximum Gasteiger partial charge on any atom is 0.254 e. The average molecular weight is 401 g/mol. The van der Waals surface area contributed by atoms with Gasteiger partial charge >= 0.3 is 0 Å². The molecule has 1 fully saturated rings. The van der Waals surface area contributed by atoms with Crippen LogP contribution in [0.1, 0.15) is 30.6 Å². The van der Waals surface area contributed by atoms with Crippen molar-refractivity contribution < 1.29 is 27.1 Å². The molecule has 0 spiro atoms. The number of hydrogen-bond donors (Lipinski definition) is 2. The summed E-state index contributed by atoms with van der Waals surface area (Å²) in [7, 11) is -3.86. The van der Waals surface area contributed by atoms with E-state index < -0.39 is 39.3 Å². The Labute approximate surface area is 158 Å². The molecule has 1 saturated heterocycles. The highest BCUT2D eigenvalue weighted by Crippen LogP contribution is 2.20. The van der Waals surface area contributed by atoms with Crippen LogP contribution in [0.15, 0.2) is 23.1 Å². The number of nitrogens with one attached hydrogen (secondary N) is 2. The summed E-state index contributed by atoms with van der Waals surface area (Å²) >= 11 is 0. The van der Waals surface area contributed by atoms with Crippen molar-refractivity contribution in [2.75, 3.05) is 32.8 Å². The number of halogens is 1. The molecule has 0 radical (unpaired) electrons. The monoisotopic (exact) mass is 401 g/mol. The molecule has 10 heteroatoms. The lowest BCUT2D eigenvalue weighted by atomic mass is 10.2. The van der Waals surface area contributed by atoms with Crippen LogP contribution in [0.2, 0.25) is 0 Å². The molecule has 0 aromatic heterocycles. The maximum absolute atomic E-state index is 14.1. The Kier molecular flexibility index (Phi) is 7.28. The SMILES string of the molecule is CCCNC(=O)[C@H](C)NC(=O)c1cc(S(=O)(=O)N2CCOCC2)ccc1F. The quantitative estimate of drug-likeness (QED) is 0.692. The number of benzene rings is 1. The van der Waals surface area contributed by atoms with Gasteiger partial charge in [-0.15, -0.1) is 0 Å². The van der Waals surface area contributed by atoms with Crippen LogP contribution >= 0.6 is 0 Å². The molecule has 0 aliphatic carbocycles. The Bertz CT molecular complexity index is 794. The normalized spacial score (nSPS) is 16.6. The van der Waals surface area contributed by atoms with Gasteiger partial charge in [0.05, 0.1) is 23.7 Å². The van der Waals surface area contributed by atoms with E-state index in [2.05, 4.69) is 10.6 Å². The number of amides is 2. The molecule has 0 saturated carbocycles. The first-order valence-electron chi connectivity index (χ1n) is 8.73. The smallest absolute Gasteiger partial charge is 0.254 e. The number of carbonyl (C=O) groups is 2. The standard InChI is InChI=1S/C17H24FN3O5S/c1-3-6-19-16(22)12(2)20-17(23)14-11-13(4-5-15(14)18)27(24,25)21-7-9-26-10-8-21/h4-5,11-12H,3,6-10H2,1-2H3,(H,19,22)(H,20,23)/t12-/m0/s1. The van der Waals surface area contributed by atoms with E-state index in [1.165, 1.54) is 11.2 Å². The highest BCUT2D eigenvalue weighted by molar-refractivity contribution is 7.89. The predicted octanol–water partition coefficient (Wildman–Crippen LogP) is 0.491. The molecule has 2 rings (SSSR count). The van der Waals surface area contributed by atoms with Gasteiger partial charge in [-0.3, -0.25) is 9.59 Å². The van der Waals surface area contributed by atoms with Gasteiger partial charge in [0.1, 0.15) is 11.9 Å². The van der Waals surface area contributed by atoms with Crippen molar-refractivity contribution in [3.8, 4) is 0 Å². The van der Waals surface area contributed by atoms with Gasteiger partial charge in [0.15, 0.2) is 0 Å². The average Bonchev–Trinajstić information content (AvgIpc) is 2.66. The van der Waals surface area contributed by atoms with Gasteiger partial charge in [0, 0.05) is 19.6 Å². The molecule has 8 nitrogen and oxygen atoms in total. The third kappa shape index (κ3) is 5.24. The molecule has 27 heavy (non-hydrogen) atoms. The topological polar surface area (TPSA) is 105 Å². The van der Waals surface area contributed by atoms with Gasteiger partial charge in [0.2, 0.25) is 15.9 Å². The molecule has 2 amide bonds. The fraction of sp³-hybridized carbons (Fsp3) is 0.529. The minimum atomic E-state index is -3.86. The van der Waals surface area contributed by atoms with Gasteiger partial charge in [0.25, 0.3) is 5.91 Å². The maximum atomic E-state index is 14.1. The van der Waals surface area contributed by atoms with Crippen molar-refractivity contribution in [1.82, 2.24) is 14.9 Å². The molecule has 1 aromatic rings. The summed E-state index contributed by atoms with van der Waals surface area (Å²) in [5.41, 5.74) is -0.431. The first kappa shape index (κ1) is 21.3. The fourth-order valence-corrected chi connectivity index (χ4v) is 3.95. The molecule has 0 unspecified atom stereocenters. The van der Waals surface area contributed by atoms with Crippen LogP contribution in [0, 0.1) is 5.82 Å². The summed E-state index contributed by atoms with van der Waals surface area (Å²) in [6.07, 6.45) is 0.739. The summed E-state index contributed by atoms with van der Waals surface area (Å²) < 4.78 is 45.8. The van der Waals surface area contributed by atoms with E-state index >= 15 is 0 Å². The Balaban J connectivity index is 2.19. The molecular formula is C17H24FN3O5S. The van der Waals surface area contributed by atoms with Crippen molar-refractivity contribution in [1.29, 1.82) is 0 Å². The van der Waals surface area contributed by atoms with Crippen molar-refractivity contribution in [3.05, 3.63) is 29.6 Å². The molecule has 0 bridgehead atoms. The zero-order valence-corrected chi connectivity index (χ0v) is 16.1. The number of sulfonamides is 1. The summed E-state index contributed by atoms with van der Waals surface area (Å²) in [5.74, 6) is -2.12. The molecule has 1 aromatic carbocycles. The highest BCUT2D eigenvalue weighted by Gasteiger charge is 2.28. The lowest BCUT2D eigenvalue weighted by Crippen LogP contribution is -2.45. The van der Waals surface area contributed by atoms with E-state index in [-0.39, 0.29) is 31.2 Å². The predicted molar refractivity (Wildman–Crippen MR) is 96.2 cm³/mol. The van der Waals surface area contributed by atoms with Crippen molar-refractivity contribution in [3.63, 3.8) is 0 Å². The van der Waals surface area contributed by atoms with Gasteiger partial charge in [-0.05, 0) is 31.5 Å². The molecule has 2 N–H and O–H groups in total. The van der Waals surface area contributed by atoms with Crippen LogP contribution in [0.3, 0.4) is 0 Å². The zero-order chi connectivity index (χ0) is 20.0. The number of morpholine rings is 1. The summed E-state index contributed by atoms with van der Waals surface area (Å²) in [6, 6.07) is 2.16. The lowest BCUT2D eigenvalue weighted by Gasteiger charge is -2.26. The van der Waals surface area contributed by atoms with Gasteiger partial charge in [-0.25, -0.2) is 12.8 Å². The van der Waals surface area contributed by atoms with Gasteiger partial charge in [-0.2, -0.15) is 4.31 Å². The molecule has 1 aliphatic heterocycles. The molecule has 1 heterocycles. The Morgan fingerprint density at radius 2 is 1.96 bits per heavy atom. The van der Waals surface area contributed by atoms with Crippen LogP contribution in [-0.2, 0) is 19.6 Å². The van der Waals surface area contributed by atoms with Gasteiger partial charge < -0.3 is 15.4 Å². The lowest BCUT2D eigenvalue weighted by molar-refractivity contribution is -0.122. The Hall–Kier alpha value is -2.04. The van der Waals surface area contributed by atoms with E-state index in [4.69, 9.17) is 4.74 Å². The third-order valence-corrected chi connectivity index (χ3v) is 5.98. The number of nitrogens with zero attached hydrogens (tertiary/aromatic N) is 1. The third-order valence-electron chi connectivity index (χ3n) is 4.08. The van der Waals surface area contributed by atoms with Crippen molar-refractivity contribution in [2.45, 2.75) is 31.2 Å². The van der Waals surface area contributed by atoms with Crippen LogP contribution in [0.4, 0.5) is 4.39 Å². The second-order valence-electron chi connectivity index (χ2n) is 6.14.